The first kappa shape index (κ1) is 21.8. The lowest BCUT2D eigenvalue weighted by atomic mass is 9.83. The van der Waals surface area contributed by atoms with Crippen LogP contribution in [0.15, 0.2) is 4.99 Å². The largest absolute Gasteiger partial charge is 0.401 e. The first-order chi connectivity index (χ1) is 10.9. The molecule has 2 aliphatic rings. The minimum absolute atomic E-state index is 0. The van der Waals surface area contributed by atoms with Crippen molar-refractivity contribution in [3.05, 3.63) is 0 Å². The highest BCUT2D eigenvalue weighted by Crippen LogP contribution is 2.40. The number of guanidine groups is 1. The lowest BCUT2D eigenvalue weighted by molar-refractivity contribution is -0.143. The van der Waals surface area contributed by atoms with Gasteiger partial charge in [-0.05, 0) is 31.1 Å². The smallest absolute Gasteiger partial charge is 0.356 e. The van der Waals surface area contributed by atoms with Gasteiger partial charge in [-0.3, -0.25) is 9.89 Å². The summed E-state index contributed by atoms with van der Waals surface area (Å²) < 4.78 is 37.3. The molecule has 2 rings (SSSR count). The zero-order valence-electron chi connectivity index (χ0n) is 14.6. The van der Waals surface area contributed by atoms with Gasteiger partial charge in [-0.2, -0.15) is 13.2 Å². The average molecular weight is 462 g/mol. The molecule has 1 unspecified atom stereocenters. The molecule has 1 saturated heterocycles. The number of hydrogen-bond donors (Lipinski definition) is 2. The highest BCUT2D eigenvalue weighted by atomic mass is 127. The molecule has 1 aliphatic heterocycles. The van der Waals surface area contributed by atoms with Gasteiger partial charge in [-0.15, -0.1) is 24.0 Å². The highest BCUT2D eigenvalue weighted by Gasteiger charge is 2.35. The van der Waals surface area contributed by atoms with Gasteiger partial charge in [0.15, 0.2) is 5.96 Å². The van der Waals surface area contributed by atoms with Crippen LogP contribution in [-0.4, -0.2) is 56.3 Å². The Bertz CT molecular complexity index is 409. The van der Waals surface area contributed by atoms with Crippen LogP contribution in [0.4, 0.5) is 13.2 Å². The Kier molecular flexibility index (Phi) is 8.58. The van der Waals surface area contributed by atoms with Gasteiger partial charge < -0.3 is 10.6 Å². The quantitative estimate of drug-likeness (QED) is 0.374. The maximum absolute atomic E-state index is 12.4. The van der Waals surface area contributed by atoms with E-state index in [9.17, 15) is 13.2 Å². The van der Waals surface area contributed by atoms with Crippen molar-refractivity contribution in [2.75, 3.05) is 33.2 Å². The molecule has 8 heteroatoms. The Labute approximate surface area is 160 Å². The number of nitrogens with zero attached hydrogens (tertiary/aromatic N) is 2. The molecule has 1 atom stereocenters. The first-order valence-corrected chi connectivity index (χ1v) is 8.62. The highest BCUT2D eigenvalue weighted by molar-refractivity contribution is 14.0. The molecule has 1 saturated carbocycles. The van der Waals surface area contributed by atoms with E-state index in [1.54, 1.807) is 7.05 Å². The zero-order valence-corrected chi connectivity index (χ0v) is 16.9. The van der Waals surface area contributed by atoms with Crippen molar-refractivity contribution >= 4 is 29.9 Å². The van der Waals surface area contributed by atoms with E-state index in [0.29, 0.717) is 24.5 Å². The molecule has 0 bridgehead atoms. The van der Waals surface area contributed by atoms with E-state index >= 15 is 0 Å². The van der Waals surface area contributed by atoms with Gasteiger partial charge in [0.1, 0.15) is 0 Å². The number of alkyl halides is 3. The summed E-state index contributed by atoms with van der Waals surface area (Å²) in [6, 6.07) is 0.0321. The lowest BCUT2D eigenvalue weighted by Gasteiger charge is -2.29. The summed E-state index contributed by atoms with van der Waals surface area (Å²) in [4.78, 5) is 5.69. The monoisotopic (exact) mass is 462 g/mol. The van der Waals surface area contributed by atoms with Crippen molar-refractivity contribution in [1.29, 1.82) is 0 Å². The Morgan fingerprint density at radius 2 is 1.96 bits per heavy atom. The fourth-order valence-electron chi connectivity index (χ4n) is 3.79. The molecule has 2 fully saturated rings. The number of likely N-dealkylation sites (tertiary alicyclic amines) is 1. The third-order valence-corrected chi connectivity index (χ3v) is 5.28. The first-order valence-electron chi connectivity index (χ1n) is 8.62. The van der Waals surface area contributed by atoms with E-state index in [2.05, 4.69) is 22.5 Å². The summed E-state index contributed by atoms with van der Waals surface area (Å²) in [6.45, 7) is 3.19. The Hall–Kier alpha value is -0.250. The van der Waals surface area contributed by atoms with Gasteiger partial charge in [0.05, 0.1) is 6.54 Å². The minimum Gasteiger partial charge on any atom is -0.356 e. The standard InChI is InChI=1S/C16H29F3N4.HI/c1-3-15(7-4-5-8-15)11-21-14(20-2)22-13-6-9-23(10-13)12-16(17,18)19;/h13H,3-12H2,1-2H3,(H2,20,21,22);1H. The summed E-state index contributed by atoms with van der Waals surface area (Å²) in [5.74, 6) is 0.712. The Morgan fingerprint density at radius 1 is 1.29 bits per heavy atom. The third-order valence-electron chi connectivity index (χ3n) is 5.28. The maximum Gasteiger partial charge on any atom is 0.401 e. The molecule has 0 amide bonds. The summed E-state index contributed by atoms with van der Waals surface area (Å²) in [7, 11) is 1.71. The van der Waals surface area contributed by atoms with E-state index in [1.165, 1.54) is 30.6 Å². The molecule has 0 aromatic rings. The van der Waals surface area contributed by atoms with Crippen molar-refractivity contribution in [2.45, 2.75) is 57.7 Å². The van der Waals surface area contributed by atoms with Crippen molar-refractivity contribution in [1.82, 2.24) is 15.5 Å². The normalized spacial score (nSPS) is 24.7. The van der Waals surface area contributed by atoms with Crippen molar-refractivity contribution in [3.63, 3.8) is 0 Å². The van der Waals surface area contributed by atoms with Crippen molar-refractivity contribution in [2.24, 2.45) is 10.4 Å². The molecular formula is C16H30F3IN4. The molecule has 1 aliphatic carbocycles. The SMILES string of the molecule is CCC1(CNC(=NC)NC2CCN(CC(F)(F)F)C2)CCCC1.I. The second kappa shape index (κ2) is 9.45. The van der Waals surface area contributed by atoms with Gasteiger partial charge in [-0.1, -0.05) is 19.8 Å². The van der Waals surface area contributed by atoms with Gasteiger partial charge >= 0.3 is 6.18 Å². The molecule has 1 heterocycles. The maximum atomic E-state index is 12.4. The summed E-state index contributed by atoms with van der Waals surface area (Å²) in [5, 5.41) is 6.67. The Morgan fingerprint density at radius 3 is 2.50 bits per heavy atom. The van der Waals surface area contributed by atoms with Crippen LogP contribution in [0, 0.1) is 5.41 Å². The lowest BCUT2D eigenvalue weighted by Crippen LogP contribution is -2.47. The number of rotatable bonds is 5. The van der Waals surface area contributed by atoms with Crippen LogP contribution in [0.25, 0.3) is 0 Å². The number of nitrogens with one attached hydrogen (secondary N) is 2. The van der Waals surface area contributed by atoms with Crippen molar-refractivity contribution in [3.8, 4) is 0 Å². The molecule has 0 aromatic carbocycles. The van der Waals surface area contributed by atoms with Gasteiger partial charge in [0.2, 0.25) is 0 Å². The molecule has 4 nitrogen and oxygen atoms in total. The van der Waals surface area contributed by atoms with Gasteiger partial charge in [0, 0.05) is 32.7 Å². The summed E-state index contributed by atoms with van der Waals surface area (Å²) in [6.07, 6.45) is 2.82. The van der Waals surface area contributed by atoms with E-state index in [1.807, 2.05) is 0 Å². The fourth-order valence-corrected chi connectivity index (χ4v) is 3.79. The topological polar surface area (TPSA) is 39.7 Å². The molecule has 24 heavy (non-hydrogen) atoms. The minimum atomic E-state index is -4.12. The molecule has 142 valence electrons. The van der Waals surface area contributed by atoms with Crippen LogP contribution in [0.5, 0.6) is 0 Å². The molecule has 0 aromatic heterocycles. The fraction of sp³-hybridized carbons (Fsp3) is 0.938. The molecule has 0 spiro atoms. The summed E-state index contributed by atoms with van der Waals surface area (Å²) in [5.41, 5.74) is 0.357. The van der Waals surface area contributed by atoms with E-state index in [-0.39, 0.29) is 30.0 Å². The van der Waals surface area contributed by atoms with Crippen LogP contribution < -0.4 is 10.6 Å². The Balaban J connectivity index is 0.00000288. The zero-order chi connectivity index (χ0) is 16.9. The van der Waals surface area contributed by atoms with Crippen LogP contribution in [0.2, 0.25) is 0 Å². The molecular weight excluding hydrogens is 432 g/mol. The predicted molar refractivity (Wildman–Crippen MR) is 102 cm³/mol. The predicted octanol–water partition coefficient (Wildman–Crippen LogP) is 3.38. The second-order valence-electron chi connectivity index (χ2n) is 6.97. The number of halogens is 4. The van der Waals surface area contributed by atoms with Crippen LogP contribution in [0.3, 0.4) is 0 Å². The summed E-state index contributed by atoms with van der Waals surface area (Å²) >= 11 is 0. The molecule has 0 radical (unpaired) electrons. The number of aliphatic imine (C=N–C) groups is 1. The van der Waals surface area contributed by atoms with E-state index in [0.717, 1.165) is 19.4 Å². The van der Waals surface area contributed by atoms with E-state index in [4.69, 9.17) is 0 Å². The number of hydrogen-bond acceptors (Lipinski definition) is 2. The van der Waals surface area contributed by atoms with Gasteiger partial charge in [0.25, 0.3) is 0 Å². The van der Waals surface area contributed by atoms with Gasteiger partial charge in [-0.25, -0.2) is 0 Å². The average Bonchev–Trinajstić information content (AvgIpc) is 3.12. The van der Waals surface area contributed by atoms with Crippen LogP contribution in [0.1, 0.15) is 45.4 Å². The van der Waals surface area contributed by atoms with Crippen LogP contribution in [-0.2, 0) is 0 Å². The second-order valence-corrected chi connectivity index (χ2v) is 6.97. The van der Waals surface area contributed by atoms with Crippen molar-refractivity contribution < 1.29 is 13.2 Å². The van der Waals surface area contributed by atoms with E-state index < -0.39 is 12.7 Å². The van der Waals surface area contributed by atoms with Crippen LogP contribution >= 0.6 is 24.0 Å². The third kappa shape index (κ3) is 6.57. The molecule has 2 N–H and O–H groups in total.